The average Bonchev–Trinajstić information content (AvgIpc) is 3.63. The van der Waals surface area contributed by atoms with Crippen molar-refractivity contribution < 1.29 is 31.1 Å². The zero-order valence-corrected chi connectivity index (χ0v) is 19.6. The molecule has 1 heterocycles. The molecule has 1 amide bonds. The number of carbonyl (C=O) groups is 1. The molecule has 178 valence electrons. The number of anilines is 1. The molecule has 0 aromatic heterocycles. The molecule has 2 aromatic carbocycles. The number of amides is 1. The van der Waals surface area contributed by atoms with Gasteiger partial charge in [-0.05, 0) is 49.2 Å². The number of benzene rings is 2. The Morgan fingerprint density at radius 2 is 1.76 bits per heavy atom. The van der Waals surface area contributed by atoms with E-state index in [-0.39, 0.29) is 45.9 Å². The molecule has 10 nitrogen and oxygen atoms in total. The highest BCUT2D eigenvalue weighted by atomic mass is 32.2. The number of nitrogens with zero attached hydrogens (tertiary/aromatic N) is 1. The number of ether oxygens (including phenoxy) is 2. The third-order valence-electron chi connectivity index (χ3n) is 5.33. The van der Waals surface area contributed by atoms with Gasteiger partial charge in [-0.1, -0.05) is 6.07 Å². The van der Waals surface area contributed by atoms with Crippen molar-refractivity contribution in [3.63, 3.8) is 0 Å². The molecule has 2 fully saturated rings. The summed E-state index contributed by atoms with van der Waals surface area (Å²) in [6.45, 7) is 1.11. The fraction of sp³-hybridized carbons (Fsp3) is 0.381. The summed E-state index contributed by atoms with van der Waals surface area (Å²) in [7, 11) is -6.11. The van der Waals surface area contributed by atoms with Crippen LogP contribution in [0.2, 0.25) is 0 Å². The largest absolute Gasteiger partial charge is 0.495 e. The predicted molar refractivity (Wildman–Crippen MR) is 120 cm³/mol. The van der Waals surface area contributed by atoms with Gasteiger partial charge in [-0.15, -0.1) is 0 Å². The highest BCUT2D eigenvalue weighted by Crippen LogP contribution is 2.30. The van der Waals surface area contributed by atoms with Gasteiger partial charge in [0.15, 0.2) is 0 Å². The topological polar surface area (TPSA) is 131 Å². The summed E-state index contributed by atoms with van der Waals surface area (Å²) in [5, 5.41) is 2.64. The van der Waals surface area contributed by atoms with Crippen LogP contribution in [0.15, 0.2) is 52.3 Å². The van der Waals surface area contributed by atoms with E-state index in [2.05, 4.69) is 10.0 Å². The number of morpholine rings is 1. The lowest BCUT2D eigenvalue weighted by Gasteiger charge is -2.26. The molecule has 0 unspecified atom stereocenters. The van der Waals surface area contributed by atoms with E-state index in [1.165, 1.54) is 53.9 Å². The van der Waals surface area contributed by atoms with Crippen LogP contribution in [0.1, 0.15) is 23.2 Å². The number of methoxy groups -OCH3 is 1. The molecule has 2 aromatic rings. The van der Waals surface area contributed by atoms with Crippen molar-refractivity contribution in [2.75, 3.05) is 38.7 Å². The van der Waals surface area contributed by atoms with Crippen LogP contribution in [-0.2, 0) is 24.8 Å². The quantitative estimate of drug-likeness (QED) is 0.566. The first-order valence-corrected chi connectivity index (χ1v) is 13.3. The van der Waals surface area contributed by atoms with Gasteiger partial charge < -0.3 is 14.8 Å². The molecule has 0 radical (unpaired) electrons. The standard InChI is InChI=1S/C21H25N3O7S2/c1-30-20-8-7-18(33(28,29)24-9-11-31-12-10-24)14-19(20)22-21(25)15-3-2-4-17(13-15)32(26,27)23-16-5-6-16/h2-4,7-8,13-14,16,23H,5-6,9-12H2,1H3,(H,22,25). The second-order valence-corrected chi connectivity index (χ2v) is 11.4. The van der Waals surface area contributed by atoms with Crippen LogP contribution in [0.4, 0.5) is 5.69 Å². The van der Waals surface area contributed by atoms with Gasteiger partial charge in [0.05, 0.1) is 35.8 Å². The maximum atomic E-state index is 13.0. The number of hydrogen-bond donors (Lipinski definition) is 2. The van der Waals surface area contributed by atoms with Gasteiger partial charge in [0.25, 0.3) is 5.91 Å². The zero-order chi connectivity index (χ0) is 23.6. The molecular weight excluding hydrogens is 470 g/mol. The lowest BCUT2D eigenvalue weighted by Crippen LogP contribution is -2.40. The van der Waals surface area contributed by atoms with Crippen molar-refractivity contribution in [2.24, 2.45) is 0 Å². The first-order valence-electron chi connectivity index (χ1n) is 10.4. The summed E-state index contributed by atoms with van der Waals surface area (Å²) in [6.07, 6.45) is 1.59. The Labute approximate surface area is 193 Å². The summed E-state index contributed by atoms with van der Waals surface area (Å²) in [5.74, 6) is -0.332. The summed E-state index contributed by atoms with van der Waals surface area (Å²) < 4.78 is 65.3. The van der Waals surface area contributed by atoms with Crippen LogP contribution in [0, 0.1) is 0 Å². The van der Waals surface area contributed by atoms with E-state index in [4.69, 9.17) is 9.47 Å². The summed E-state index contributed by atoms with van der Waals surface area (Å²) in [6, 6.07) is 9.79. The highest BCUT2D eigenvalue weighted by molar-refractivity contribution is 7.89. The monoisotopic (exact) mass is 495 g/mol. The van der Waals surface area contributed by atoms with E-state index in [1.807, 2.05) is 0 Å². The lowest BCUT2D eigenvalue weighted by atomic mass is 10.2. The second-order valence-electron chi connectivity index (χ2n) is 7.76. The second kappa shape index (κ2) is 9.39. The maximum absolute atomic E-state index is 13.0. The number of nitrogens with one attached hydrogen (secondary N) is 2. The summed E-state index contributed by atoms with van der Waals surface area (Å²) in [4.78, 5) is 12.9. The van der Waals surface area contributed by atoms with Crippen molar-refractivity contribution in [2.45, 2.75) is 28.7 Å². The fourth-order valence-electron chi connectivity index (χ4n) is 3.37. The van der Waals surface area contributed by atoms with Crippen molar-refractivity contribution >= 4 is 31.6 Å². The molecule has 1 aliphatic heterocycles. The van der Waals surface area contributed by atoms with E-state index < -0.39 is 26.0 Å². The molecule has 2 aliphatic rings. The third kappa shape index (κ3) is 5.36. The summed E-state index contributed by atoms with van der Waals surface area (Å²) >= 11 is 0. The first kappa shape index (κ1) is 23.6. The third-order valence-corrected chi connectivity index (χ3v) is 8.75. The Bertz CT molecular complexity index is 1250. The molecular formula is C21H25N3O7S2. The molecule has 12 heteroatoms. The highest BCUT2D eigenvalue weighted by Gasteiger charge is 2.29. The molecule has 2 N–H and O–H groups in total. The van der Waals surface area contributed by atoms with E-state index in [9.17, 15) is 21.6 Å². The minimum atomic E-state index is -3.78. The van der Waals surface area contributed by atoms with E-state index >= 15 is 0 Å². The van der Waals surface area contributed by atoms with E-state index in [0.29, 0.717) is 13.2 Å². The van der Waals surface area contributed by atoms with Gasteiger partial charge in [0.2, 0.25) is 20.0 Å². The van der Waals surface area contributed by atoms with Crippen molar-refractivity contribution in [1.82, 2.24) is 9.03 Å². The Kier molecular flexibility index (Phi) is 6.73. The minimum Gasteiger partial charge on any atom is -0.495 e. The molecule has 0 bridgehead atoms. The maximum Gasteiger partial charge on any atom is 0.255 e. The Morgan fingerprint density at radius 3 is 2.42 bits per heavy atom. The fourth-order valence-corrected chi connectivity index (χ4v) is 6.15. The van der Waals surface area contributed by atoms with Gasteiger partial charge in [-0.2, -0.15) is 4.31 Å². The minimum absolute atomic E-state index is 0.00506. The lowest BCUT2D eigenvalue weighted by molar-refractivity contribution is 0.0730. The van der Waals surface area contributed by atoms with Gasteiger partial charge in [-0.25, -0.2) is 21.6 Å². The SMILES string of the molecule is COc1ccc(S(=O)(=O)N2CCOCC2)cc1NC(=O)c1cccc(S(=O)(=O)NC2CC2)c1. The van der Waals surface area contributed by atoms with Crippen LogP contribution in [-0.4, -0.2) is 66.5 Å². The van der Waals surface area contributed by atoms with Crippen LogP contribution in [0.25, 0.3) is 0 Å². The first-order chi connectivity index (χ1) is 15.7. The molecule has 1 aliphatic carbocycles. The van der Waals surface area contributed by atoms with Gasteiger partial charge in [0.1, 0.15) is 5.75 Å². The van der Waals surface area contributed by atoms with Crippen LogP contribution in [0.3, 0.4) is 0 Å². The van der Waals surface area contributed by atoms with Gasteiger partial charge in [0, 0.05) is 24.7 Å². The zero-order valence-electron chi connectivity index (χ0n) is 18.0. The van der Waals surface area contributed by atoms with E-state index in [0.717, 1.165) is 12.8 Å². The van der Waals surface area contributed by atoms with Crippen molar-refractivity contribution in [3.05, 3.63) is 48.0 Å². The molecule has 0 atom stereocenters. The van der Waals surface area contributed by atoms with Crippen LogP contribution < -0.4 is 14.8 Å². The van der Waals surface area contributed by atoms with Gasteiger partial charge >= 0.3 is 0 Å². The van der Waals surface area contributed by atoms with Crippen molar-refractivity contribution in [1.29, 1.82) is 0 Å². The molecule has 33 heavy (non-hydrogen) atoms. The van der Waals surface area contributed by atoms with Gasteiger partial charge in [-0.3, -0.25) is 4.79 Å². The molecule has 4 rings (SSSR count). The predicted octanol–water partition coefficient (Wildman–Crippen LogP) is 1.41. The van der Waals surface area contributed by atoms with Crippen LogP contribution >= 0.6 is 0 Å². The Hall–Kier alpha value is -2.51. The average molecular weight is 496 g/mol. The number of hydrogen-bond acceptors (Lipinski definition) is 7. The normalized spacial score (nSPS) is 17.5. The smallest absolute Gasteiger partial charge is 0.255 e. The molecule has 1 saturated carbocycles. The number of sulfonamides is 2. The molecule has 0 spiro atoms. The Balaban J connectivity index is 1.59. The molecule has 1 saturated heterocycles. The van der Waals surface area contributed by atoms with Crippen molar-refractivity contribution in [3.8, 4) is 5.75 Å². The Morgan fingerprint density at radius 1 is 1.03 bits per heavy atom. The van der Waals surface area contributed by atoms with Crippen LogP contribution in [0.5, 0.6) is 5.75 Å². The number of rotatable bonds is 8. The summed E-state index contributed by atoms with van der Waals surface area (Å²) in [5.41, 5.74) is 0.262. The van der Waals surface area contributed by atoms with E-state index in [1.54, 1.807) is 0 Å². The number of carbonyl (C=O) groups excluding carboxylic acids is 1.